The first-order valence-corrected chi connectivity index (χ1v) is 13.0. The molecule has 2 aromatic heterocycles. The summed E-state index contributed by atoms with van der Waals surface area (Å²) in [6, 6.07) is 15.9. The molecule has 190 valence electrons. The molecule has 2 aliphatic rings. The Labute approximate surface area is 221 Å². The van der Waals surface area contributed by atoms with E-state index in [-0.39, 0.29) is 6.79 Å². The Morgan fingerprint density at radius 2 is 1.86 bits per heavy atom. The molecule has 0 atom stereocenters. The lowest BCUT2D eigenvalue weighted by Crippen LogP contribution is -2.31. The minimum absolute atomic E-state index is 0.262. The summed E-state index contributed by atoms with van der Waals surface area (Å²) in [5.74, 6) is 3.29. The van der Waals surface area contributed by atoms with Crippen LogP contribution in [0.4, 0.5) is 17.5 Å². The van der Waals surface area contributed by atoms with Crippen LogP contribution in [-0.4, -0.2) is 47.9 Å². The number of aromatic nitrogens is 3. The van der Waals surface area contributed by atoms with E-state index in [0.29, 0.717) is 24.7 Å². The van der Waals surface area contributed by atoms with E-state index in [2.05, 4.69) is 32.2 Å². The van der Waals surface area contributed by atoms with Gasteiger partial charge >= 0.3 is 0 Å². The topological polar surface area (TPSA) is 75.6 Å². The average molecular weight is 517 g/mol. The van der Waals surface area contributed by atoms with Crippen molar-refractivity contribution in [1.82, 2.24) is 15.0 Å². The van der Waals surface area contributed by atoms with Crippen LogP contribution in [-0.2, 0) is 6.54 Å². The molecule has 0 unspecified atom stereocenters. The van der Waals surface area contributed by atoms with Crippen molar-refractivity contribution in [3.8, 4) is 11.5 Å². The standard InChI is InChI=1S/C28H29ClN6O2/c1-19-14-27(34-11-2-3-12-34)33-28(32-19)35(17-20-4-7-25-26(15-20)37-18-36-25)13-10-31-23-8-9-30-24-16-21(29)5-6-22(23)24/h4-9,14-16H,2-3,10-13,17-18H2,1H3,(H,30,31). The third-order valence-corrected chi connectivity index (χ3v) is 6.99. The van der Waals surface area contributed by atoms with Crippen LogP contribution in [0.15, 0.2) is 54.7 Å². The van der Waals surface area contributed by atoms with Crippen molar-refractivity contribution in [3.63, 3.8) is 0 Å². The van der Waals surface area contributed by atoms with Gasteiger partial charge in [-0.1, -0.05) is 17.7 Å². The summed E-state index contributed by atoms with van der Waals surface area (Å²) in [5, 5.41) is 5.30. The summed E-state index contributed by atoms with van der Waals surface area (Å²) in [6.07, 6.45) is 4.21. The highest BCUT2D eigenvalue weighted by molar-refractivity contribution is 6.31. The van der Waals surface area contributed by atoms with Gasteiger partial charge in [-0.25, -0.2) is 4.98 Å². The second-order valence-corrected chi connectivity index (χ2v) is 9.85. The van der Waals surface area contributed by atoms with Gasteiger partial charge in [-0.05, 0) is 61.7 Å². The molecule has 37 heavy (non-hydrogen) atoms. The molecule has 4 aromatic rings. The second-order valence-electron chi connectivity index (χ2n) is 9.42. The number of pyridine rings is 1. The molecule has 4 heterocycles. The summed E-state index contributed by atoms with van der Waals surface area (Å²) < 4.78 is 11.1. The van der Waals surface area contributed by atoms with Crippen molar-refractivity contribution < 1.29 is 9.47 Å². The quantitative estimate of drug-likeness (QED) is 0.332. The fraction of sp³-hybridized carbons (Fsp3) is 0.321. The third kappa shape index (κ3) is 5.20. The van der Waals surface area contributed by atoms with E-state index < -0.39 is 0 Å². The fourth-order valence-corrected chi connectivity index (χ4v) is 5.06. The number of rotatable bonds is 8. The van der Waals surface area contributed by atoms with Gasteiger partial charge < -0.3 is 24.6 Å². The van der Waals surface area contributed by atoms with Crippen molar-refractivity contribution in [2.75, 3.05) is 48.1 Å². The molecule has 0 saturated carbocycles. The molecular weight excluding hydrogens is 488 g/mol. The lowest BCUT2D eigenvalue weighted by molar-refractivity contribution is 0.174. The zero-order valence-electron chi connectivity index (χ0n) is 20.8. The molecule has 1 N–H and O–H groups in total. The maximum atomic E-state index is 6.17. The summed E-state index contributed by atoms with van der Waals surface area (Å²) >= 11 is 6.17. The van der Waals surface area contributed by atoms with Crippen LogP contribution < -0.4 is 24.6 Å². The number of ether oxygens (including phenoxy) is 2. The average Bonchev–Trinajstić information content (AvgIpc) is 3.60. The normalized spacial score (nSPS) is 14.4. The van der Waals surface area contributed by atoms with E-state index in [9.17, 15) is 0 Å². The lowest BCUT2D eigenvalue weighted by Gasteiger charge is -2.26. The van der Waals surface area contributed by atoms with E-state index in [4.69, 9.17) is 31.0 Å². The highest BCUT2D eigenvalue weighted by atomic mass is 35.5. The van der Waals surface area contributed by atoms with E-state index in [1.54, 1.807) is 6.20 Å². The molecule has 8 nitrogen and oxygen atoms in total. The molecule has 2 aliphatic heterocycles. The van der Waals surface area contributed by atoms with Gasteiger partial charge in [0.2, 0.25) is 12.7 Å². The molecule has 0 bridgehead atoms. The third-order valence-electron chi connectivity index (χ3n) is 6.75. The van der Waals surface area contributed by atoms with Gasteiger partial charge in [0.15, 0.2) is 11.5 Å². The van der Waals surface area contributed by atoms with Gasteiger partial charge in [0.25, 0.3) is 0 Å². The molecule has 0 aliphatic carbocycles. The van der Waals surface area contributed by atoms with E-state index in [0.717, 1.165) is 64.2 Å². The first-order valence-electron chi connectivity index (χ1n) is 12.6. The molecule has 0 spiro atoms. The number of hydrogen-bond acceptors (Lipinski definition) is 8. The van der Waals surface area contributed by atoms with Gasteiger partial charge in [-0.15, -0.1) is 0 Å². The number of halogens is 1. The smallest absolute Gasteiger partial charge is 0.231 e. The minimum Gasteiger partial charge on any atom is -0.454 e. The predicted molar refractivity (Wildman–Crippen MR) is 147 cm³/mol. The number of fused-ring (bicyclic) bond motifs is 2. The minimum atomic E-state index is 0.262. The second kappa shape index (κ2) is 10.3. The van der Waals surface area contributed by atoms with E-state index in [1.165, 1.54) is 12.8 Å². The van der Waals surface area contributed by atoms with Crippen molar-refractivity contribution in [3.05, 3.63) is 71.0 Å². The molecule has 0 radical (unpaired) electrons. The zero-order valence-corrected chi connectivity index (χ0v) is 21.5. The number of hydrogen-bond donors (Lipinski definition) is 1. The van der Waals surface area contributed by atoms with Gasteiger partial charge in [-0.3, -0.25) is 4.98 Å². The Morgan fingerprint density at radius 1 is 1.00 bits per heavy atom. The van der Waals surface area contributed by atoms with Crippen LogP contribution in [0.1, 0.15) is 24.1 Å². The first-order chi connectivity index (χ1) is 18.1. The Morgan fingerprint density at radius 3 is 2.76 bits per heavy atom. The van der Waals surface area contributed by atoms with Crippen molar-refractivity contribution in [1.29, 1.82) is 0 Å². The number of anilines is 3. The summed E-state index contributed by atoms with van der Waals surface area (Å²) in [5.41, 5.74) is 3.97. The van der Waals surface area contributed by atoms with Gasteiger partial charge in [0.05, 0.1) is 5.52 Å². The van der Waals surface area contributed by atoms with E-state index >= 15 is 0 Å². The molecular formula is C28H29ClN6O2. The highest BCUT2D eigenvalue weighted by Gasteiger charge is 2.20. The first kappa shape index (κ1) is 23.6. The van der Waals surface area contributed by atoms with Crippen molar-refractivity contribution >= 4 is 40.0 Å². The molecule has 1 fully saturated rings. The number of benzene rings is 2. The van der Waals surface area contributed by atoms with Crippen molar-refractivity contribution in [2.24, 2.45) is 0 Å². The van der Waals surface area contributed by atoms with Gasteiger partial charge in [0, 0.05) is 66.8 Å². The molecule has 9 heteroatoms. The Kier molecular flexibility index (Phi) is 6.57. The van der Waals surface area contributed by atoms with Crippen LogP contribution in [0.2, 0.25) is 5.02 Å². The van der Waals surface area contributed by atoms with Crippen LogP contribution in [0, 0.1) is 6.92 Å². The monoisotopic (exact) mass is 516 g/mol. The summed E-state index contributed by atoms with van der Waals surface area (Å²) in [4.78, 5) is 18.9. The summed E-state index contributed by atoms with van der Waals surface area (Å²) in [7, 11) is 0. The molecule has 6 rings (SSSR count). The fourth-order valence-electron chi connectivity index (χ4n) is 4.90. The molecule has 2 aromatic carbocycles. The Bertz CT molecular complexity index is 1430. The van der Waals surface area contributed by atoms with Crippen LogP contribution >= 0.6 is 11.6 Å². The largest absolute Gasteiger partial charge is 0.454 e. The number of aryl methyl sites for hydroxylation is 1. The van der Waals surface area contributed by atoms with Gasteiger partial charge in [-0.2, -0.15) is 4.98 Å². The zero-order chi connectivity index (χ0) is 25.2. The van der Waals surface area contributed by atoms with Crippen LogP contribution in [0.25, 0.3) is 10.9 Å². The highest BCUT2D eigenvalue weighted by Crippen LogP contribution is 2.33. The van der Waals surface area contributed by atoms with Gasteiger partial charge in [0.1, 0.15) is 5.82 Å². The maximum absolute atomic E-state index is 6.17. The Balaban J connectivity index is 1.26. The number of nitrogens with one attached hydrogen (secondary N) is 1. The Hall–Kier alpha value is -3.78. The lowest BCUT2D eigenvalue weighted by atomic mass is 10.2. The molecule has 0 amide bonds. The predicted octanol–water partition coefficient (Wildman–Crippen LogP) is 5.43. The summed E-state index contributed by atoms with van der Waals surface area (Å²) in [6.45, 7) is 6.43. The molecule has 1 saturated heterocycles. The number of nitrogens with zero attached hydrogens (tertiary/aromatic N) is 5. The van der Waals surface area contributed by atoms with E-state index in [1.807, 2.05) is 43.3 Å². The van der Waals surface area contributed by atoms with Crippen LogP contribution in [0.3, 0.4) is 0 Å². The SMILES string of the molecule is Cc1cc(N2CCCC2)nc(N(CCNc2ccnc3cc(Cl)ccc23)Cc2ccc3c(c2)OCO3)n1. The van der Waals surface area contributed by atoms with Crippen molar-refractivity contribution in [2.45, 2.75) is 26.3 Å². The van der Waals surface area contributed by atoms with Crippen LogP contribution in [0.5, 0.6) is 11.5 Å². The maximum Gasteiger partial charge on any atom is 0.231 e.